The van der Waals surface area contributed by atoms with Gasteiger partial charge < -0.3 is 14.5 Å². The average molecular weight is 392 g/mol. The lowest BCUT2D eigenvalue weighted by molar-refractivity contribution is 0.415. The number of methoxy groups -OCH3 is 1. The monoisotopic (exact) mass is 391 g/mol. The Hall–Kier alpha value is -3.31. The van der Waals surface area contributed by atoms with Gasteiger partial charge in [-0.3, -0.25) is 0 Å². The van der Waals surface area contributed by atoms with Crippen molar-refractivity contribution in [2.75, 3.05) is 12.4 Å². The molecule has 4 rings (SSSR count). The molecular weight excluding hydrogens is 374 g/mol. The van der Waals surface area contributed by atoms with Gasteiger partial charge in [-0.05, 0) is 54.1 Å². The summed E-state index contributed by atoms with van der Waals surface area (Å²) in [5.41, 5.74) is 2.69. The molecule has 0 saturated heterocycles. The van der Waals surface area contributed by atoms with E-state index in [1.54, 1.807) is 7.11 Å². The Kier molecular flexibility index (Phi) is 5.26. The Balaban J connectivity index is 1.69. The molecule has 1 N–H and O–H groups in total. The number of anilines is 1. The summed E-state index contributed by atoms with van der Waals surface area (Å²) < 4.78 is 11.2. The van der Waals surface area contributed by atoms with Crippen LogP contribution in [0.3, 0.4) is 0 Å². The molecule has 0 spiro atoms. The highest BCUT2D eigenvalue weighted by Crippen LogP contribution is 2.30. The van der Waals surface area contributed by atoms with E-state index in [-0.39, 0.29) is 6.04 Å². The molecule has 6 heteroatoms. The largest absolute Gasteiger partial charge is 0.497 e. The number of benzene rings is 3. The molecule has 0 aliphatic rings. The topological polar surface area (TPSA) is 60.2 Å². The van der Waals surface area contributed by atoms with Crippen molar-refractivity contribution < 1.29 is 9.15 Å². The number of nitrogens with zero attached hydrogens (tertiary/aromatic N) is 2. The van der Waals surface area contributed by atoms with Gasteiger partial charge in [-0.1, -0.05) is 41.9 Å². The van der Waals surface area contributed by atoms with Crippen LogP contribution in [0.4, 0.5) is 5.69 Å². The first-order valence-corrected chi connectivity index (χ1v) is 9.15. The molecule has 0 amide bonds. The van der Waals surface area contributed by atoms with Gasteiger partial charge in [-0.2, -0.15) is 0 Å². The second-order valence-corrected chi connectivity index (χ2v) is 6.61. The number of aromatic nitrogens is 2. The molecule has 0 radical (unpaired) electrons. The van der Waals surface area contributed by atoms with Gasteiger partial charge in [-0.15, -0.1) is 10.2 Å². The summed E-state index contributed by atoms with van der Waals surface area (Å²) >= 11 is 6.21. The summed E-state index contributed by atoms with van der Waals surface area (Å²) in [5.74, 6) is 1.71. The Morgan fingerprint density at radius 1 is 0.929 bits per heavy atom. The van der Waals surface area contributed by atoms with E-state index in [2.05, 4.69) is 15.5 Å². The van der Waals surface area contributed by atoms with Crippen molar-refractivity contribution in [2.24, 2.45) is 0 Å². The minimum absolute atomic E-state index is 0.350. The van der Waals surface area contributed by atoms with Gasteiger partial charge in [0, 0.05) is 16.3 Å². The lowest BCUT2D eigenvalue weighted by Gasteiger charge is -2.17. The Morgan fingerprint density at radius 2 is 1.71 bits per heavy atom. The van der Waals surface area contributed by atoms with Crippen LogP contribution in [0.2, 0.25) is 5.02 Å². The molecule has 0 fully saturated rings. The third-order valence-electron chi connectivity index (χ3n) is 4.29. The van der Waals surface area contributed by atoms with E-state index < -0.39 is 0 Å². The molecule has 1 heterocycles. The quantitative estimate of drug-likeness (QED) is 0.463. The molecule has 140 valence electrons. The van der Waals surface area contributed by atoms with E-state index in [4.69, 9.17) is 20.8 Å². The van der Waals surface area contributed by atoms with Crippen LogP contribution in [0.15, 0.2) is 83.3 Å². The molecule has 1 aromatic heterocycles. The normalized spacial score (nSPS) is 11.8. The fourth-order valence-electron chi connectivity index (χ4n) is 2.88. The molecule has 28 heavy (non-hydrogen) atoms. The van der Waals surface area contributed by atoms with Crippen molar-refractivity contribution in [3.05, 3.63) is 95.3 Å². The second-order valence-electron chi connectivity index (χ2n) is 6.17. The fraction of sp³-hybridized carbons (Fsp3) is 0.0909. The van der Waals surface area contributed by atoms with Crippen molar-refractivity contribution in [1.29, 1.82) is 0 Å². The Morgan fingerprint density at radius 3 is 2.43 bits per heavy atom. The number of nitrogens with one attached hydrogen (secondary N) is 1. The number of hydrogen-bond acceptors (Lipinski definition) is 5. The standard InChI is InChI=1S/C22H18ClN3O2/c1-27-19-12-10-18(11-13-19)24-20(16-8-5-9-17(23)14-16)22-26-25-21(28-22)15-6-3-2-4-7-15/h2-14,20,24H,1H3. The number of ether oxygens (including phenoxy) is 1. The van der Waals surface area contributed by atoms with Gasteiger partial charge >= 0.3 is 0 Å². The van der Waals surface area contributed by atoms with Crippen molar-refractivity contribution in [1.82, 2.24) is 10.2 Å². The van der Waals surface area contributed by atoms with Crippen LogP contribution >= 0.6 is 11.6 Å². The van der Waals surface area contributed by atoms with E-state index in [0.717, 1.165) is 22.6 Å². The van der Waals surface area contributed by atoms with Crippen LogP contribution in [0.25, 0.3) is 11.5 Å². The van der Waals surface area contributed by atoms with Crippen molar-refractivity contribution in [3.63, 3.8) is 0 Å². The zero-order valence-corrected chi connectivity index (χ0v) is 15.9. The molecule has 0 bridgehead atoms. The van der Waals surface area contributed by atoms with Crippen molar-refractivity contribution in [3.8, 4) is 17.2 Å². The molecule has 4 aromatic rings. The maximum Gasteiger partial charge on any atom is 0.247 e. The van der Waals surface area contributed by atoms with Crippen LogP contribution in [-0.4, -0.2) is 17.3 Å². The first-order chi connectivity index (χ1) is 13.7. The van der Waals surface area contributed by atoms with Crippen molar-refractivity contribution in [2.45, 2.75) is 6.04 Å². The highest BCUT2D eigenvalue weighted by Gasteiger charge is 2.22. The number of hydrogen-bond donors (Lipinski definition) is 1. The molecule has 0 aliphatic carbocycles. The molecule has 0 saturated carbocycles. The van der Waals surface area contributed by atoms with Gasteiger partial charge in [0.1, 0.15) is 11.8 Å². The predicted molar refractivity (Wildman–Crippen MR) is 110 cm³/mol. The molecular formula is C22H18ClN3O2. The third-order valence-corrected chi connectivity index (χ3v) is 4.53. The first kappa shape index (κ1) is 18.1. The van der Waals surface area contributed by atoms with E-state index in [1.165, 1.54) is 0 Å². The maximum atomic E-state index is 6.21. The average Bonchev–Trinajstić information content (AvgIpc) is 3.23. The van der Waals surface area contributed by atoms with E-state index in [0.29, 0.717) is 16.8 Å². The minimum Gasteiger partial charge on any atom is -0.497 e. The smallest absolute Gasteiger partial charge is 0.247 e. The predicted octanol–water partition coefficient (Wildman–Crippen LogP) is 5.60. The van der Waals surface area contributed by atoms with Gasteiger partial charge in [0.15, 0.2) is 0 Å². The highest BCUT2D eigenvalue weighted by atomic mass is 35.5. The zero-order chi connectivity index (χ0) is 19.3. The number of rotatable bonds is 6. The van der Waals surface area contributed by atoms with Crippen LogP contribution in [-0.2, 0) is 0 Å². The van der Waals surface area contributed by atoms with Gasteiger partial charge in [0.2, 0.25) is 11.8 Å². The summed E-state index contributed by atoms with van der Waals surface area (Å²) in [6.07, 6.45) is 0. The third kappa shape index (κ3) is 4.00. The van der Waals surface area contributed by atoms with Gasteiger partial charge in [-0.25, -0.2) is 0 Å². The fourth-order valence-corrected chi connectivity index (χ4v) is 3.08. The number of halogens is 1. The Labute approximate surface area is 168 Å². The maximum absolute atomic E-state index is 6.21. The molecule has 0 aliphatic heterocycles. The first-order valence-electron chi connectivity index (χ1n) is 8.78. The van der Waals surface area contributed by atoms with Crippen LogP contribution in [0.5, 0.6) is 5.75 Å². The molecule has 1 atom stereocenters. The zero-order valence-electron chi connectivity index (χ0n) is 15.2. The van der Waals surface area contributed by atoms with Gasteiger partial charge in [0.05, 0.1) is 7.11 Å². The van der Waals surface area contributed by atoms with E-state index >= 15 is 0 Å². The summed E-state index contributed by atoms with van der Waals surface area (Å²) in [5, 5.41) is 12.6. The van der Waals surface area contributed by atoms with E-state index in [9.17, 15) is 0 Å². The lowest BCUT2D eigenvalue weighted by Crippen LogP contribution is -2.13. The molecule has 1 unspecified atom stereocenters. The summed E-state index contributed by atoms with van der Waals surface area (Å²) in [6, 6.07) is 24.6. The molecule has 5 nitrogen and oxygen atoms in total. The molecule has 3 aromatic carbocycles. The SMILES string of the molecule is COc1ccc(NC(c2cccc(Cl)c2)c2nnc(-c3ccccc3)o2)cc1. The summed E-state index contributed by atoms with van der Waals surface area (Å²) in [6.45, 7) is 0. The second kappa shape index (κ2) is 8.15. The van der Waals surface area contributed by atoms with E-state index in [1.807, 2.05) is 78.9 Å². The van der Waals surface area contributed by atoms with Gasteiger partial charge in [0.25, 0.3) is 0 Å². The summed E-state index contributed by atoms with van der Waals surface area (Å²) in [7, 11) is 1.64. The van der Waals surface area contributed by atoms with Crippen LogP contribution in [0.1, 0.15) is 17.5 Å². The lowest BCUT2D eigenvalue weighted by atomic mass is 10.1. The highest BCUT2D eigenvalue weighted by molar-refractivity contribution is 6.30. The Bertz CT molecular complexity index is 1050. The summed E-state index contributed by atoms with van der Waals surface area (Å²) in [4.78, 5) is 0. The van der Waals surface area contributed by atoms with Crippen LogP contribution in [0, 0.1) is 0 Å². The van der Waals surface area contributed by atoms with Crippen LogP contribution < -0.4 is 10.1 Å². The van der Waals surface area contributed by atoms with Crippen molar-refractivity contribution >= 4 is 17.3 Å². The minimum atomic E-state index is -0.350.